The molecule has 3 heterocycles. The van der Waals surface area contributed by atoms with Crippen molar-refractivity contribution in [3.63, 3.8) is 0 Å². The van der Waals surface area contributed by atoms with Gasteiger partial charge in [0.25, 0.3) is 0 Å². The fraction of sp³-hybridized carbons (Fsp3) is 0.636. The fourth-order valence-electron chi connectivity index (χ4n) is 2.74. The molecule has 1 aromatic rings. The molecule has 0 saturated carbocycles. The van der Waals surface area contributed by atoms with E-state index in [0.717, 1.165) is 18.4 Å². The van der Waals surface area contributed by atoms with Gasteiger partial charge < -0.3 is 5.32 Å². The van der Waals surface area contributed by atoms with Crippen LogP contribution in [0.15, 0.2) is 15.9 Å². The highest BCUT2D eigenvalue weighted by molar-refractivity contribution is 9.10. The zero-order valence-electron chi connectivity index (χ0n) is 8.58. The second-order valence-electron chi connectivity index (χ2n) is 4.60. The van der Waals surface area contributed by atoms with Crippen molar-refractivity contribution >= 4 is 27.3 Å². The van der Waals surface area contributed by atoms with Gasteiger partial charge in [-0.15, -0.1) is 11.3 Å². The van der Waals surface area contributed by atoms with E-state index >= 15 is 0 Å². The molecule has 0 aromatic carbocycles. The Morgan fingerprint density at radius 1 is 1.40 bits per heavy atom. The molecule has 2 atom stereocenters. The first kappa shape index (κ1) is 10.3. The lowest BCUT2D eigenvalue weighted by Gasteiger charge is -2.15. The van der Waals surface area contributed by atoms with E-state index < -0.39 is 0 Å². The van der Waals surface area contributed by atoms with Crippen LogP contribution in [-0.2, 0) is 6.54 Å². The van der Waals surface area contributed by atoms with Gasteiger partial charge in [0.05, 0.1) is 0 Å². The van der Waals surface area contributed by atoms with Crippen LogP contribution in [0.1, 0.15) is 4.88 Å². The molecule has 2 unspecified atom stereocenters. The number of hydrogen-bond acceptors (Lipinski definition) is 3. The van der Waals surface area contributed by atoms with Crippen molar-refractivity contribution in [2.24, 2.45) is 11.8 Å². The molecule has 82 valence electrons. The number of nitrogens with zero attached hydrogens (tertiary/aromatic N) is 1. The summed E-state index contributed by atoms with van der Waals surface area (Å²) in [5, 5.41) is 5.66. The predicted octanol–water partition coefficient (Wildman–Crippen LogP) is 2.16. The lowest BCUT2D eigenvalue weighted by Crippen LogP contribution is -2.25. The van der Waals surface area contributed by atoms with Gasteiger partial charge in [-0.3, -0.25) is 4.90 Å². The van der Waals surface area contributed by atoms with Gasteiger partial charge in [0.1, 0.15) is 0 Å². The van der Waals surface area contributed by atoms with Crippen molar-refractivity contribution in [2.75, 3.05) is 26.2 Å². The maximum absolute atomic E-state index is 3.51. The van der Waals surface area contributed by atoms with E-state index in [1.165, 1.54) is 35.5 Å². The number of thiophene rings is 1. The number of nitrogens with one attached hydrogen (secondary N) is 1. The number of fused-ring (bicyclic) bond motifs is 1. The summed E-state index contributed by atoms with van der Waals surface area (Å²) in [5.41, 5.74) is 0. The average Bonchev–Trinajstić information content (AvgIpc) is 2.81. The Kier molecular flexibility index (Phi) is 2.85. The smallest absolute Gasteiger partial charge is 0.0328 e. The normalized spacial score (nSPS) is 31.0. The second-order valence-corrected chi connectivity index (χ2v) is 6.52. The van der Waals surface area contributed by atoms with Gasteiger partial charge in [-0.25, -0.2) is 0 Å². The molecule has 4 heteroatoms. The van der Waals surface area contributed by atoms with E-state index in [1.807, 2.05) is 11.3 Å². The van der Waals surface area contributed by atoms with Crippen molar-refractivity contribution < 1.29 is 0 Å². The monoisotopic (exact) mass is 286 g/mol. The van der Waals surface area contributed by atoms with E-state index in [1.54, 1.807) is 0 Å². The molecule has 0 radical (unpaired) electrons. The second kappa shape index (κ2) is 4.17. The number of likely N-dealkylation sites (tertiary alicyclic amines) is 1. The largest absolute Gasteiger partial charge is 0.316 e. The van der Waals surface area contributed by atoms with Crippen molar-refractivity contribution in [1.82, 2.24) is 10.2 Å². The minimum absolute atomic E-state index is 0.911. The van der Waals surface area contributed by atoms with Crippen molar-refractivity contribution in [2.45, 2.75) is 6.54 Å². The first-order chi connectivity index (χ1) is 7.31. The zero-order valence-corrected chi connectivity index (χ0v) is 11.0. The zero-order chi connectivity index (χ0) is 10.3. The minimum atomic E-state index is 0.911. The van der Waals surface area contributed by atoms with Gasteiger partial charge in [0.2, 0.25) is 0 Å². The topological polar surface area (TPSA) is 15.3 Å². The highest BCUT2D eigenvalue weighted by Crippen LogP contribution is 2.29. The maximum atomic E-state index is 3.51. The first-order valence-corrected chi connectivity index (χ1v) is 7.14. The summed E-state index contributed by atoms with van der Waals surface area (Å²) >= 11 is 5.37. The van der Waals surface area contributed by atoms with E-state index in [4.69, 9.17) is 0 Å². The summed E-state index contributed by atoms with van der Waals surface area (Å²) in [6, 6.07) is 2.25. The van der Waals surface area contributed by atoms with Gasteiger partial charge in [-0.1, -0.05) is 0 Å². The SMILES string of the molecule is Brc1csc(CN2CC3CNCC3C2)c1. The molecule has 0 amide bonds. The molecule has 0 aliphatic carbocycles. The van der Waals surface area contributed by atoms with E-state index in [2.05, 4.69) is 37.6 Å². The molecular formula is C11H15BrN2S. The highest BCUT2D eigenvalue weighted by atomic mass is 79.9. The van der Waals surface area contributed by atoms with Crippen molar-refractivity contribution in [3.05, 3.63) is 20.8 Å². The molecule has 2 saturated heterocycles. The van der Waals surface area contributed by atoms with E-state index in [0.29, 0.717) is 0 Å². The Labute approximate surface area is 103 Å². The van der Waals surface area contributed by atoms with Crippen molar-refractivity contribution in [1.29, 1.82) is 0 Å². The number of rotatable bonds is 2. The fourth-order valence-corrected chi connectivity index (χ4v) is 4.23. The summed E-state index contributed by atoms with van der Waals surface area (Å²) in [7, 11) is 0. The van der Waals surface area contributed by atoms with Crippen LogP contribution >= 0.6 is 27.3 Å². The molecule has 0 bridgehead atoms. The van der Waals surface area contributed by atoms with Crippen LogP contribution in [0.25, 0.3) is 0 Å². The van der Waals surface area contributed by atoms with Gasteiger partial charge in [0.15, 0.2) is 0 Å². The van der Waals surface area contributed by atoms with Gasteiger partial charge in [-0.05, 0) is 46.9 Å². The predicted molar refractivity (Wildman–Crippen MR) is 67.1 cm³/mol. The molecule has 2 nitrogen and oxygen atoms in total. The lowest BCUT2D eigenvalue weighted by molar-refractivity contribution is 0.308. The first-order valence-electron chi connectivity index (χ1n) is 5.47. The van der Waals surface area contributed by atoms with Gasteiger partial charge in [0, 0.05) is 34.4 Å². The molecule has 15 heavy (non-hydrogen) atoms. The van der Waals surface area contributed by atoms with E-state index in [9.17, 15) is 0 Å². The Hall–Kier alpha value is 0.1000. The Morgan fingerprint density at radius 3 is 2.73 bits per heavy atom. The van der Waals surface area contributed by atoms with Crippen LogP contribution < -0.4 is 5.32 Å². The molecule has 3 rings (SSSR count). The molecule has 1 aromatic heterocycles. The molecule has 0 spiro atoms. The lowest BCUT2D eigenvalue weighted by atomic mass is 10.0. The summed E-state index contributed by atoms with van der Waals surface area (Å²) < 4.78 is 1.23. The molecule has 1 N–H and O–H groups in total. The average molecular weight is 287 g/mol. The Bertz CT molecular complexity index is 340. The van der Waals surface area contributed by atoms with Gasteiger partial charge >= 0.3 is 0 Å². The summed E-state index contributed by atoms with van der Waals surface area (Å²) in [6.45, 7) is 6.17. The van der Waals surface area contributed by atoms with Crippen LogP contribution in [0.4, 0.5) is 0 Å². The summed E-state index contributed by atoms with van der Waals surface area (Å²) in [4.78, 5) is 4.09. The molecule has 2 aliphatic rings. The molecular weight excluding hydrogens is 272 g/mol. The number of hydrogen-bond donors (Lipinski definition) is 1. The summed E-state index contributed by atoms with van der Waals surface area (Å²) in [6.07, 6.45) is 0. The maximum Gasteiger partial charge on any atom is 0.0328 e. The third-order valence-corrected chi connectivity index (χ3v) is 5.15. The van der Waals surface area contributed by atoms with Crippen LogP contribution in [0.2, 0.25) is 0 Å². The standard InChI is InChI=1S/C11H15BrN2S/c12-10-1-11(15-7-10)6-14-4-8-2-13-3-9(8)5-14/h1,7-9,13H,2-6H2. The minimum Gasteiger partial charge on any atom is -0.316 e. The van der Waals surface area contributed by atoms with Crippen LogP contribution in [0.3, 0.4) is 0 Å². The van der Waals surface area contributed by atoms with Crippen LogP contribution in [0, 0.1) is 11.8 Å². The van der Waals surface area contributed by atoms with Crippen LogP contribution in [0.5, 0.6) is 0 Å². The van der Waals surface area contributed by atoms with Crippen molar-refractivity contribution in [3.8, 4) is 0 Å². The Balaban J connectivity index is 1.61. The Morgan fingerprint density at radius 2 is 2.13 bits per heavy atom. The third-order valence-electron chi connectivity index (χ3n) is 3.47. The quantitative estimate of drug-likeness (QED) is 0.896. The van der Waals surface area contributed by atoms with E-state index in [-0.39, 0.29) is 0 Å². The number of halogens is 1. The highest BCUT2D eigenvalue weighted by Gasteiger charge is 2.35. The molecule has 2 fully saturated rings. The third kappa shape index (κ3) is 2.13. The molecule has 2 aliphatic heterocycles. The van der Waals surface area contributed by atoms with Gasteiger partial charge in [-0.2, -0.15) is 0 Å². The summed E-state index contributed by atoms with van der Waals surface area (Å²) in [5.74, 6) is 1.82. The van der Waals surface area contributed by atoms with Crippen LogP contribution in [-0.4, -0.2) is 31.1 Å².